The number of nitrogens with one attached hydrogen (secondary N) is 1. The quantitative estimate of drug-likeness (QED) is 0.822. The fourth-order valence-electron chi connectivity index (χ4n) is 2.50. The van der Waals surface area contributed by atoms with E-state index in [9.17, 15) is 4.79 Å². The lowest BCUT2D eigenvalue weighted by atomic mass is 9.76. The Balaban J connectivity index is 2.35. The minimum atomic E-state index is -0.497. The largest absolute Gasteiger partial charge is 0.494 e. The van der Waals surface area contributed by atoms with Gasteiger partial charge in [0.1, 0.15) is 0 Å². The van der Waals surface area contributed by atoms with E-state index in [4.69, 9.17) is 14.4 Å². The van der Waals surface area contributed by atoms with Crippen LogP contribution in [0.1, 0.15) is 49.2 Å². The highest BCUT2D eigenvalue weighted by Gasteiger charge is 2.51. The average Bonchev–Trinajstić information content (AvgIpc) is 2.67. The maximum absolute atomic E-state index is 12.3. The highest BCUT2D eigenvalue weighted by atomic mass is 16.7. The molecule has 2 rings (SSSR count). The summed E-state index contributed by atoms with van der Waals surface area (Å²) in [5.41, 5.74) is 2.50. The van der Waals surface area contributed by atoms with E-state index >= 15 is 0 Å². The maximum Gasteiger partial charge on any atom is 0.494 e. The third-order valence-corrected chi connectivity index (χ3v) is 4.86. The van der Waals surface area contributed by atoms with E-state index in [1.807, 2.05) is 53.7 Å². The summed E-state index contributed by atoms with van der Waals surface area (Å²) < 4.78 is 12.1. The summed E-state index contributed by atoms with van der Waals surface area (Å²) in [6, 6.07) is 3.82. The van der Waals surface area contributed by atoms with Gasteiger partial charge in [-0.25, -0.2) is 0 Å². The van der Waals surface area contributed by atoms with Crippen LogP contribution >= 0.6 is 0 Å². The van der Waals surface area contributed by atoms with Crippen molar-refractivity contribution in [3.05, 3.63) is 28.8 Å². The Morgan fingerprint density at radius 1 is 1.17 bits per heavy atom. The van der Waals surface area contributed by atoms with Gasteiger partial charge in [0.05, 0.1) is 17.8 Å². The Bertz CT molecular complexity index is 597. The Hall–Kier alpha value is -1.37. The number of carbonyl (C=O) groups excluding carboxylic acids is 1. The molecule has 0 atom stereocenters. The summed E-state index contributed by atoms with van der Waals surface area (Å²) in [7, 11) is -0.497. The fraction of sp³-hybridized carbons (Fsp3) is 0.588. The third-order valence-electron chi connectivity index (χ3n) is 4.86. The van der Waals surface area contributed by atoms with E-state index in [-0.39, 0.29) is 19.1 Å². The molecule has 1 heterocycles. The second kappa shape index (κ2) is 6.26. The van der Waals surface area contributed by atoms with Gasteiger partial charge in [-0.2, -0.15) is 0 Å². The molecule has 0 bridgehead atoms. The molecule has 1 aromatic carbocycles. The van der Waals surface area contributed by atoms with Crippen LogP contribution in [0.2, 0.25) is 0 Å². The first kappa shape index (κ1) is 18.0. The number of aliphatic hydroxyl groups is 1. The van der Waals surface area contributed by atoms with E-state index in [1.54, 1.807) is 0 Å². The zero-order valence-corrected chi connectivity index (χ0v) is 14.8. The number of hydrogen-bond acceptors (Lipinski definition) is 4. The molecule has 0 radical (unpaired) electrons. The number of amides is 1. The molecule has 1 aliphatic rings. The van der Waals surface area contributed by atoms with E-state index in [0.29, 0.717) is 5.56 Å². The first-order chi connectivity index (χ1) is 10.6. The second-order valence-electron chi connectivity index (χ2n) is 7.08. The maximum atomic E-state index is 12.3. The molecular weight excluding hydrogens is 293 g/mol. The van der Waals surface area contributed by atoms with Crippen LogP contribution in [0.4, 0.5) is 0 Å². The molecule has 1 aliphatic heterocycles. The van der Waals surface area contributed by atoms with Crippen molar-refractivity contribution in [1.29, 1.82) is 0 Å². The molecule has 5 nitrogen and oxygen atoms in total. The van der Waals surface area contributed by atoms with Crippen LogP contribution in [0.15, 0.2) is 12.1 Å². The van der Waals surface area contributed by atoms with Crippen molar-refractivity contribution in [3.63, 3.8) is 0 Å². The standard InChI is InChI=1S/C17H26BNO4/c1-11-9-13(18-22-16(3,4)17(5,6)23-18)10-14(12(11)2)15(21)19-7-8-20/h9-10,20H,7-8H2,1-6H3,(H,19,21). The van der Waals surface area contributed by atoms with Gasteiger partial charge in [-0.3, -0.25) is 4.79 Å². The third kappa shape index (κ3) is 3.44. The van der Waals surface area contributed by atoms with Crippen LogP contribution in [0.25, 0.3) is 0 Å². The lowest BCUT2D eigenvalue weighted by Gasteiger charge is -2.32. The summed E-state index contributed by atoms with van der Waals surface area (Å²) in [5.74, 6) is -0.196. The number of benzene rings is 1. The van der Waals surface area contributed by atoms with Crippen molar-refractivity contribution < 1.29 is 19.2 Å². The van der Waals surface area contributed by atoms with Crippen molar-refractivity contribution in [2.45, 2.75) is 52.7 Å². The lowest BCUT2D eigenvalue weighted by Crippen LogP contribution is -2.41. The minimum absolute atomic E-state index is 0.0827. The van der Waals surface area contributed by atoms with Crippen molar-refractivity contribution in [1.82, 2.24) is 5.32 Å². The first-order valence-electron chi connectivity index (χ1n) is 7.95. The summed E-state index contributed by atoms with van der Waals surface area (Å²) in [6.07, 6.45) is 0. The topological polar surface area (TPSA) is 67.8 Å². The lowest BCUT2D eigenvalue weighted by molar-refractivity contribution is 0.00578. The number of aliphatic hydroxyl groups excluding tert-OH is 1. The molecular formula is C17H26BNO4. The summed E-state index contributed by atoms with van der Waals surface area (Å²) in [5, 5.41) is 11.6. The molecule has 6 heteroatoms. The van der Waals surface area contributed by atoms with E-state index in [0.717, 1.165) is 16.6 Å². The predicted octanol–water partition coefficient (Wildman–Crippen LogP) is 1.32. The number of aryl methyl sites for hydroxylation is 1. The Kier molecular flexibility index (Phi) is 4.90. The molecule has 0 spiro atoms. The molecule has 1 saturated heterocycles. The minimum Gasteiger partial charge on any atom is -0.399 e. The Labute approximate surface area is 138 Å². The van der Waals surface area contributed by atoms with Gasteiger partial charge in [0.15, 0.2) is 0 Å². The number of rotatable bonds is 4. The van der Waals surface area contributed by atoms with E-state index < -0.39 is 18.3 Å². The molecule has 0 aliphatic carbocycles. The molecule has 1 amide bonds. The molecule has 126 valence electrons. The van der Waals surface area contributed by atoms with Gasteiger partial charge in [0.2, 0.25) is 0 Å². The predicted molar refractivity (Wildman–Crippen MR) is 91.1 cm³/mol. The number of carbonyl (C=O) groups is 1. The molecule has 0 aromatic heterocycles. The molecule has 0 saturated carbocycles. The zero-order chi connectivity index (χ0) is 17.4. The van der Waals surface area contributed by atoms with Crippen molar-refractivity contribution in [2.24, 2.45) is 0 Å². The summed E-state index contributed by atoms with van der Waals surface area (Å²) >= 11 is 0. The molecule has 0 unspecified atom stereocenters. The van der Waals surface area contributed by atoms with Crippen LogP contribution in [0.3, 0.4) is 0 Å². The number of hydrogen-bond donors (Lipinski definition) is 2. The highest BCUT2D eigenvalue weighted by Crippen LogP contribution is 2.36. The Morgan fingerprint density at radius 2 is 1.74 bits per heavy atom. The van der Waals surface area contributed by atoms with Crippen LogP contribution < -0.4 is 10.8 Å². The van der Waals surface area contributed by atoms with Crippen molar-refractivity contribution in [3.8, 4) is 0 Å². The highest BCUT2D eigenvalue weighted by molar-refractivity contribution is 6.62. The van der Waals surface area contributed by atoms with Crippen molar-refractivity contribution in [2.75, 3.05) is 13.2 Å². The SMILES string of the molecule is Cc1cc(B2OC(C)(C)C(C)(C)O2)cc(C(=O)NCCO)c1C. The fourth-order valence-corrected chi connectivity index (χ4v) is 2.50. The first-order valence-corrected chi connectivity index (χ1v) is 7.95. The van der Waals surface area contributed by atoms with Crippen molar-refractivity contribution >= 4 is 18.5 Å². The van der Waals surface area contributed by atoms with Crippen LogP contribution in [0, 0.1) is 13.8 Å². The molecule has 1 aromatic rings. The second-order valence-corrected chi connectivity index (χ2v) is 7.08. The summed E-state index contributed by atoms with van der Waals surface area (Å²) in [6.45, 7) is 12.0. The van der Waals surface area contributed by atoms with Crippen LogP contribution in [-0.2, 0) is 9.31 Å². The smallest absolute Gasteiger partial charge is 0.399 e. The monoisotopic (exact) mass is 319 g/mol. The van der Waals surface area contributed by atoms with Gasteiger partial charge in [-0.15, -0.1) is 0 Å². The normalized spacial score (nSPS) is 19.0. The van der Waals surface area contributed by atoms with Gasteiger partial charge < -0.3 is 19.7 Å². The average molecular weight is 319 g/mol. The Morgan fingerprint density at radius 3 is 2.26 bits per heavy atom. The molecule has 23 heavy (non-hydrogen) atoms. The van der Waals surface area contributed by atoms with Gasteiger partial charge in [-0.05, 0) is 64.2 Å². The zero-order valence-electron chi connectivity index (χ0n) is 14.8. The van der Waals surface area contributed by atoms with Gasteiger partial charge in [0, 0.05) is 12.1 Å². The van der Waals surface area contributed by atoms with Crippen LogP contribution in [0.5, 0.6) is 0 Å². The van der Waals surface area contributed by atoms with Gasteiger partial charge >= 0.3 is 7.12 Å². The summed E-state index contributed by atoms with van der Waals surface area (Å²) in [4.78, 5) is 12.3. The molecule has 2 N–H and O–H groups in total. The van der Waals surface area contributed by atoms with Gasteiger partial charge in [0.25, 0.3) is 5.91 Å². The molecule has 1 fully saturated rings. The van der Waals surface area contributed by atoms with Gasteiger partial charge in [-0.1, -0.05) is 6.07 Å². The van der Waals surface area contributed by atoms with Crippen LogP contribution in [-0.4, -0.2) is 42.5 Å². The van der Waals surface area contributed by atoms with E-state index in [2.05, 4.69) is 5.32 Å². The van der Waals surface area contributed by atoms with E-state index in [1.165, 1.54) is 0 Å².